The van der Waals surface area contributed by atoms with Gasteiger partial charge in [0.25, 0.3) is 0 Å². The lowest BCUT2D eigenvalue weighted by Gasteiger charge is -2.25. The van der Waals surface area contributed by atoms with E-state index in [1.54, 1.807) is 13.3 Å². The number of methoxy groups -OCH3 is 1. The molecule has 0 radical (unpaired) electrons. The molecule has 1 aromatic carbocycles. The van der Waals surface area contributed by atoms with Gasteiger partial charge in [-0.15, -0.1) is 0 Å². The summed E-state index contributed by atoms with van der Waals surface area (Å²) < 4.78 is 5.59. The van der Waals surface area contributed by atoms with E-state index in [-0.39, 0.29) is 17.9 Å². The minimum Gasteiger partial charge on any atom is -0.495 e. The van der Waals surface area contributed by atoms with Crippen molar-refractivity contribution >= 4 is 23.4 Å². The number of benzene rings is 1. The standard InChI is InChI=1S/C23H33N5O2/c1-15-14-24-23(27-21(15)28(3)4)26-20-18(12-9-13-19(20)30-5)16(2)25-22(29)17-10-7-6-8-11-17/h9,12-14,16-17H,6-8,10-11H2,1-5H3,(H,25,29)(H,24,26,27)/t16-/m1/s1. The fourth-order valence-electron chi connectivity index (χ4n) is 4.04. The first-order valence-electron chi connectivity index (χ1n) is 10.7. The van der Waals surface area contributed by atoms with Crippen LogP contribution in [0.2, 0.25) is 0 Å². The van der Waals surface area contributed by atoms with Gasteiger partial charge in [0.15, 0.2) is 0 Å². The summed E-state index contributed by atoms with van der Waals surface area (Å²) in [7, 11) is 5.55. The fraction of sp³-hybridized carbons (Fsp3) is 0.522. The summed E-state index contributed by atoms with van der Waals surface area (Å²) in [5.41, 5.74) is 2.71. The minimum atomic E-state index is -0.171. The van der Waals surface area contributed by atoms with Gasteiger partial charge in [0.2, 0.25) is 11.9 Å². The Labute approximate surface area is 179 Å². The van der Waals surface area contributed by atoms with Gasteiger partial charge in [-0.25, -0.2) is 4.98 Å². The van der Waals surface area contributed by atoms with Crippen LogP contribution in [0.3, 0.4) is 0 Å². The van der Waals surface area contributed by atoms with Gasteiger partial charge in [0.05, 0.1) is 18.8 Å². The molecular formula is C23H33N5O2. The van der Waals surface area contributed by atoms with Crippen LogP contribution in [0.15, 0.2) is 24.4 Å². The molecule has 162 valence electrons. The molecular weight excluding hydrogens is 378 g/mol. The lowest BCUT2D eigenvalue weighted by atomic mass is 9.88. The molecule has 0 bridgehead atoms. The first-order valence-corrected chi connectivity index (χ1v) is 10.7. The van der Waals surface area contributed by atoms with Gasteiger partial charge in [-0.05, 0) is 32.8 Å². The Bertz CT molecular complexity index is 878. The van der Waals surface area contributed by atoms with Crippen molar-refractivity contribution in [3.63, 3.8) is 0 Å². The number of carbonyl (C=O) groups is 1. The van der Waals surface area contributed by atoms with Crippen LogP contribution in [0, 0.1) is 12.8 Å². The first kappa shape index (κ1) is 21.9. The zero-order chi connectivity index (χ0) is 21.7. The van der Waals surface area contributed by atoms with Crippen LogP contribution >= 0.6 is 0 Å². The third kappa shape index (κ3) is 5.01. The lowest BCUT2D eigenvalue weighted by Crippen LogP contribution is -2.34. The zero-order valence-corrected chi connectivity index (χ0v) is 18.7. The molecule has 1 aliphatic rings. The molecule has 0 aliphatic heterocycles. The van der Waals surface area contributed by atoms with Gasteiger partial charge < -0.3 is 20.3 Å². The molecule has 1 aliphatic carbocycles. The second-order valence-corrected chi connectivity index (χ2v) is 8.21. The molecule has 7 nitrogen and oxygen atoms in total. The molecule has 2 aromatic rings. The Balaban J connectivity index is 1.86. The molecule has 0 spiro atoms. The van der Waals surface area contributed by atoms with Gasteiger partial charge in [-0.1, -0.05) is 31.4 Å². The van der Waals surface area contributed by atoms with Gasteiger partial charge in [-0.2, -0.15) is 4.98 Å². The van der Waals surface area contributed by atoms with E-state index in [0.717, 1.165) is 48.3 Å². The molecule has 1 atom stereocenters. The Hall–Kier alpha value is -2.83. The number of carbonyl (C=O) groups excluding carboxylic acids is 1. The van der Waals surface area contributed by atoms with E-state index in [0.29, 0.717) is 11.7 Å². The molecule has 1 fully saturated rings. The molecule has 1 aromatic heterocycles. The number of rotatable bonds is 7. The Morgan fingerprint density at radius 3 is 2.63 bits per heavy atom. The van der Waals surface area contributed by atoms with Crippen molar-refractivity contribution in [2.24, 2.45) is 5.92 Å². The van der Waals surface area contributed by atoms with Crippen LogP contribution in [-0.4, -0.2) is 37.1 Å². The Kier molecular flexibility index (Phi) is 7.13. The van der Waals surface area contributed by atoms with Gasteiger partial charge in [-0.3, -0.25) is 4.79 Å². The molecule has 0 unspecified atom stereocenters. The van der Waals surface area contributed by atoms with E-state index in [4.69, 9.17) is 4.74 Å². The number of ether oxygens (including phenoxy) is 1. The van der Waals surface area contributed by atoms with Crippen molar-refractivity contribution in [3.05, 3.63) is 35.5 Å². The number of hydrogen-bond acceptors (Lipinski definition) is 6. The second kappa shape index (κ2) is 9.78. The molecule has 1 amide bonds. The van der Waals surface area contributed by atoms with Gasteiger partial charge >= 0.3 is 0 Å². The van der Waals surface area contributed by atoms with Crippen molar-refractivity contribution in [1.29, 1.82) is 0 Å². The fourth-order valence-corrected chi connectivity index (χ4v) is 4.04. The zero-order valence-electron chi connectivity index (χ0n) is 18.7. The average molecular weight is 412 g/mol. The maximum atomic E-state index is 12.8. The van der Waals surface area contributed by atoms with Gasteiger partial charge in [0.1, 0.15) is 11.6 Å². The number of aromatic nitrogens is 2. The summed E-state index contributed by atoms with van der Waals surface area (Å²) >= 11 is 0. The highest BCUT2D eigenvalue weighted by Crippen LogP contribution is 2.35. The van der Waals surface area contributed by atoms with Crippen LogP contribution in [0.1, 0.15) is 56.2 Å². The minimum absolute atomic E-state index is 0.117. The number of nitrogens with one attached hydrogen (secondary N) is 2. The van der Waals surface area contributed by atoms with E-state index in [1.165, 1.54) is 6.42 Å². The smallest absolute Gasteiger partial charge is 0.229 e. The highest BCUT2D eigenvalue weighted by Gasteiger charge is 2.24. The first-order chi connectivity index (χ1) is 14.4. The van der Waals surface area contributed by atoms with Gasteiger partial charge in [0, 0.05) is 37.3 Å². The molecule has 30 heavy (non-hydrogen) atoms. The average Bonchev–Trinajstić information content (AvgIpc) is 2.75. The van der Waals surface area contributed by atoms with E-state index in [2.05, 4.69) is 20.6 Å². The third-order valence-corrected chi connectivity index (χ3v) is 5.69. The molecule has 3 rings (SSSR count). The van der Waals surface area contributed by atoms with Crippen LogP contribution in [0.4, 0.5) is 17.5 Å². The van der Waals surface area contributed by atoms with E-state index in [9.17, 15) is 4.79 Å². The SMILES string of the molecule is COc1cccc([C@@H](C)NC(=O)C2CCCCC2)c1Nc1ncc(C)c(N(C)C)n1. The second-order valence-electron chi connectivity index (χ2n) is 8.21. The van der Waals surface area contributed by atoms with Crippen molar-refractivity contribution in [3.8, 4) is 5.75 Å². The number of amides is 1. The predicted molar refractivity (Wildman–Crippen MR) is 121 cm³/mol. The highest BCUT2D eigenvalue weighted by molar-refractivity contribution is 5.80. The molecule has 7 heteroatoms. The Morgan fingerprint density at radius 1 is 1.23 bits per heavy atom. The maximum Gasteiger partial charge on any atom is 0.229 e. The van der Waals surface area contributed by atoms with E-state index in [1.807, 2.05) is 51.0 Å². The predicted octanol–water partition coefficient (Wildman–Crippen LogP) is 4.36. The maximum absolute atomic E-state index is 12.8. The number of aryl methyl sites for hydroxylation is 1. The molecule has 2 N–H and O–H groups in total. The topological polar surface area (TPSA) is 79.4 Å². The van der Waals surface area contributed by atoms with E-state index >= 15 is 0 Å². The summed E-state index contributed by atoms with van der Waals surface area (Å²) in [6.45, 7) is 3.98. The number of anilines is 3. The summed E-state index contributed by atoms with van der Waals surface area (Å²) in [5.74, 6) is 2.27. The van der Waals surface area contributed by atoms with Crippen LogP contribution < -0.4 is 20.3 Å². The summed E-state index contributed by atoms with van der Waals surface area (Å²) in [6, 6.07) is 5.65. The molecule has 1 saturated carbocycles. The van der Waals surface area contributed by atoms with E-state index < -0.39 is 0 Å². The quantitative estimate of drug-likeness (QED) is 0.705. The number of para-hydroxylation sites is 1. The van der Waals surface area contributed by atoms with Crippen molar-refractivity contribution in [2.45, 2.75) is 52.0 Å². The normalized spacial score (nSPS) is 15.4. The van der Waals surface area contributed by atoms with Crippen LogP contribution in [-0.2, 0) is 4.79 Å². The highest BCUT2D eigenvalue weighted by atomic mass is 16.5. The number of nitrogens with zero attached hydrogens (tertiary/aromatic N) is 3. The Morgan fingerprint density at radius 2 is 1.97 bits per heavy atom. The van der Waals surface area contributed by atoms with Crippen molar-refractivity contribution < 1.29 is 9.53 Å². The summed E-state index contributed by atoms with van der Waals surface area (Å²) in [4.78, 5) is 23.8. The van der Waals surface area contributed by atoms with Crippen molar-refractivity contribution in [1.82, 2.24) is 15.3 Å². The third-order valence-electron chi connectivity index (χ3n) is 5.69. The summed E-state index contributed by atoms with van der Waals surface area (Å²) in [6.07, 6.45) is 7.26. The molecule has 0 saturated heterocycles. The monoisotopic (exact) mass is 411 g/mol. The van der Waals surface area contributed by atoms with Crippen molar-refractivity contribution in [2.75, 3.05) is 31.4 Å². The van der Waals surface area contributed by atoms with Crippen LogP contribution in [0.5, 0.6) is 5.75 Å². The molecule has 1 heterocycles. The number of hydrogen-bond donors (Lipinski definition) is 2. The summed E-state index contributed by atoms with van der Waals surface area (Å²) in [5, 5.41) is 6.52. The van der Waals surface area contributed by atoms with Crippen LogP contribution in [0.25, 0.3) is 0 Å². The largest absolute Gasteiger partial charge is 0.495 e. The lowest BCUT2D eigenvalue weighted by molar-refractivity contribution is -0.126.